The fourth-order valence-corrected chi connectivity index (χ4v) is 3.65. The lowest BCUT2D eigenvalue weighted by Gasteiger charge is -2.13. The molecule has 0 fully saturated rings. The van der Waals surface area contributed by atoms with Crippen molar-refractivity contribution in [2.45, 2.75) is 20.4 Å². The maximum Gasteiger partial charge on any atom is 0.256 e. The van der Waals surface area contributed by atoms with Crippen LogP contribution >= 0.6 is 0 Å². The Hall–Kier alpha value is -4.53. The van der Waals surface area contributed by atoms with E-state index in [0.717, 1.165) is 10.9 Å². The van der Waals surface area contributed by atoms with Gasteiger partial charge < -0.3 is 16.0 Å². The first-order valence-corrected chi connectivity index (χ1v) is 11.2. The van der Waals surface area contributed by atoms with Crippen LogP contribution in [0.15, 0.2) is 71.5 Å². The average molecular weight is 471 g/mol. The summed E-state index contributed by atoms with van der Waals surface area (Å²) < 4.78 is 1.49. The second-order valence-corrected chi connectivity index (χ2v) is 8.00. The van der Waals surface area contributed by atoms with Gasteiger partial charge in [0.15, 0.2) is 5.65 Å². The molecule has 2 aromatic carbocycles. The molecule has 2 heterocycles. The first-order valence-electron chi connectivity index (χ1n) is 11.2. The number of carbonyl (C=O) groups excluding carboxylic acids is 2. The number of rotatable bonds is 8. The van der Waals surface area contributed by atoms with Gasteiger partial charge in [0.2, 0.25) is 11.9 Å². The normalized spacial score (nSPS) is 10.7. The van der Waals surface area contributed by atoms with Crippen LogP contribution in [0.3, 0.4) is 0 Å². The molecule has 0 aliphatic rings. The number of nitrogens with one attached hydrogen (secondary N) is 3. The molecule has 35 heavy (non-hydrogen) atoms. The second kappa shape index (κ2) is 10.6. The third-order valence-corrected chi connectivity index (χ3v) is 5.41. The van der Waals surface area contributed by atoms with Gasteiger partial charge >= 0.3 is 0 Å². The van der Waals surface area contributed by atoms with Crippen LogP contribution in [0.5, 0.6) is 0 Å². The summed E-state index contributed by atoms with van der Waals surface area (Å²) in [5.41, 5.74) is 3.00. The van der Waals surface area contributed by atoms with E-state index in [0.29, 0.717) is 48.2 Å². The van der Waals surface area contributed by atoms with E-state index in [1.165, 1.54) is 17.6 Å². The van der Waals surface area contributed by atoms with Gasteiger partial charge in [-0.1, -0.05) is 30.3 Å². The highest BCUT2D eigenvalue weighted by atomic mass is 16.2. The number of hydrogen-bond donors (Lipinski definition) is 3. The zero-order valence-corrected chi connectivity index (χ0v) is 19.5. The molecule has 0 saturated heterocycles. The molecule has 0 atom stereocenters. The molecule has 9 nitrogen and oxygen atoms in total. The van der Waals surface area contributed by atoms with Crippen molar-refractivity contribution in [3.8, 4) is 5.69 Å². The van der Waals surface area contributed by atoms with E-state index in [-0.39, 0.29) is 17.4 Å². The summed E-state index contributed by atoms with van der Waals surface area (Å²) in [6.07, 6.45) is 0. The molecule has 178 valence electrons. The number of pyridine rings is 1. The van der Waals surface area contributed by atoms with Crippen LogP contribution < -0.4 is 21.5 Å². The van der Waals surface area contributed by atoms with Gasteiger partial charge in [-0.25, -0.2) is 4.98 Å². The van der Waals surface area contributed by atoms with Gasteiger partial charge in [0.05, 0.1) is 11.4 Å². The molecule has 0 aliphatic heterocycles. The van der Waals surface area contributed by atoms with E-state index in [9.17, 15) is 14.4 Å². The first-order chi connectivity index (χ1) is 16.9. The van der Waals surface area contributed by atoms with Crippen molar-refractivity contribution in [1.29, 1.82) is 0 Å². The van der Waals surface area contributed by atoms with E-state index >= 15 is 0 Å². The minimum Gasteiger partial charge on any atom is -0.355 e. The molecule has 4 aromatic rings. The maximum atomic E-state index is 12.8. The third kappa shape index (κ3) is 5.70. The Balaban J connectivity index is 1.58. The van der Waals surface area contributed by atoms with Crippen LogP contribution in [-0.2, 0) is 11.3 Å². The molecular weight excluding hydrogens is 444 g/mol. The highest BCUT2D eigenvalue weighted by molar-refractivity contribution is 5.94. The Bertz CT molecular complexity index is 1420. The van der Waals surface area contributed by atoms with Crippen LogP contribution in [-0.4, -0.2) is 39.4 Å². The lowest BCUT2D eigenvalue weighted by molar-refractivity contribution is -0.118. The molecule has 0 aliphatic carbocycles. The van der Waals surface area contributed by atoms with Crippen molar-refractivity contribution in [2.24, 2.45) is 0 Å². The van der Waals surface area contributed by atoms with Crippen LogP contribution in [0.25, 0.3) is 16.7 Å². The van der Waals surface area contributed by atoms with Gasteiger partial charge in [0.1, 0.15) is 0 Å². The lowest BCUT2D eigenvalue weighted by Crippen LogP contribution is -2.27. The van der Waals surface area contributed by atoms with Gasteiger partial charge in [-0.3, -0.25) is 19.0 Å². The van der Waals surface area contributed by atoms with Gasteiger partial charge in [0, 0.05) is 43.6 Å². The standard InChI is InChI=1S/C26H26N6O3/c1-17-22-12-13-23(34)32(24(22)31-26(30-17)28-15-14-27-18(2)33)21-10-8-20(9-11-21)25(35)29-16-19-6-4-3-5-7-19/h3-13H,14-16H2,1-2H3,(H,27,33)(H,29,35)(H,28,30,31). The number of aryl methyl sites for hydroxylation is 1. The Morgan fingerprint density at radius 2 is 1.63 bits per heavy atom. The molecule has 2 amide bonds. The molecular formula is C26H26N6O3. The predicted octanol–water partition coefficient (Wildman–Crippen LogP) is 2.57. The molecule has 0 bridgehead atoms. The van der Waals surface area contributed by atoms with Gasteiger partial charge in [-0.05, 0) is 42.8 Å². The van der Waals surface area contributed by atoms with Crippen LogP contribution in [0, 0.1) is 6.92 Å². The molecule has 9 heteroatoms. The molecule has 0 spiro atoms. The topological polar surface area (TPSA) is 118 Å². The van der Waals surface area contributed by atoms with Crippen LogP contribution in [0.4, 0.5) is 5.95 Å². The Kier molecular flexibility index (Phi) is 7.15. The zero-order valence-electron chi connectivity index (χ0n) is 19.5. The molecule has 2 aromatic heterocycles. The summed E-state index contributed by atoms with van der Waals surface area (Å²) in [7, 11) is 0. The molecule has 0 radical (unpaired) electrons. The summed E-state index contributed by atoms with van der Waals surface area (Å²) in [5.74, 6) is 0.0413. The molecule has 3 N–H and O–H groups in total. The summed E-state index contributed by atoms with van der Waals surface area (Å²) in [4.78, 5) is 45.5. The first kappa shape index (κ1) is 23.6. The van der Waals surface area contributed by atoms with Gasteiger partial charge in [-0.15, -0.1) is 0 Å². The zero-order chi connectivity index (χ0) is 24.8. The van der Waals surface area contributed by atoms with E-state index in [1.54, 1.807) is 30.3 Å². The summed E-state index contributed by atoms with van der Waals surface area (Å²) in [6, 6.07) is 19.7. The number of nitrogens with zero attached hydrogens (tertiary/aromatic N) is 3. The van der Waals surface area contributed by atoms with Gasteiger partial charge in [-0.2, -0.15) is 4.98 Å². The highest BCUT2D eigenvalue weighted by Gasteiger charge is 2.13. The Morgan fingerprint density at radius 3 is 2.34 bits per heavy atom. The Labute approximate surface area is 202 Å². The van der Waals surface area contributed by atoms with E-state index in [4.69, 9.17) is 0 Å². The summed E-state index contributed by atoms with van der Waals surface area (Å²) >= 11 is 0. The van der Waals surface area contributed by atoms with E-state index < -0.39 is 0 Å². The molecule has 0 unspecified atom stereocenters. The number of hydrogen-bond acceptors (Lipinski definition) is 6. The second-order valence-electron chi connectivity index (χ2n) is 8.00. The predicted molar refractivity (Wildman–Crippen MR) is 135 cm³/mol. The smallest absolute Gasteiger partial charge is 0.256 e. The quantitative estimate of drug-likeness (QED) is 0.341. The third-order valence-electron chi connectivity index (χ3n) is 5.41. The number of benzene rings is 2. The minimum atomic E-state index is -0.249. The van der Waals surface area contributed by atoms with E-state index in [2.05, 4.69) is 25.9 Å². The van der Waals surface area contributed by atoms with Gasteiger partial charge in [0.25, 0.3) is 11.5 Å². The molecule has 0 saturated carbocycles. The fourth-order valence-electron chi connectivity index (χ4n) is 3.65. The average Bonchev–Trinajstić information content (AvgIpc) is 2.86. The van der Waals surface area contributed by atoms with E-state index in [1.807, 2.05) is 37.3 Å². The SMILES string of the molecule is CC(=O)NCCNc1nc(C)c2ccc(=O)n(-c3ccc(C(=O)NCc4ccccc4)cc3)c2n1. The number of fused-ring (bicyclic) bond motifs is 1. The van der Waals surface area contributed by atoms with Crippen molar-refractivity contribution in [2.75, 3.05) is 18.4 Å². The number of amides is 2. The number of carbonyl (C=O) groups is 2. The number of anilines is 1. The maximum absolute atomic E-state index is 12.8. The van der Waals surface area contributed by atoms with Crippen molar-refractivity contribution < 1.29 is 9.59 Å². The van der Waals surface area contributed by atoms with Crippen LogP contribution in [0.2, 0.25) is 0 Å². The minimum absolute atomic E-state index is 0.117. The monoisotopic (exact) mass is 470 g/mol. The lowest BCUT2D eigenvalue weighted by atomic mass is 10.1. The highest BCUT2D eigenvalue weighted by Crippen LogP contribution is 2.19. The van der Waals surface area contributed by atoms with Crippen molar-refractivity contribution in [1.82, 2.24) is 25.2 Å². The summed E-state index contributed by atoms with van der Waals surface area (Å²) in [6.45, 7) is 4.59. The fraction of sp³-hybridized carbons (Fsp3) is 0.192. The largest absolute Gasteiger partial charge is 0.355 e. The van der Waals surface area contributed by atoms with Crippen molar-refractivity contribution in [3.05, 3.63) is 93.9 Å². The molecule has 4 rings (SSSR count). The number of aromatic nitrogens is 3. The Morgan fingerprint density at radius 1 is 0.886 bits per heavy atom. The van der Waals surface area contributed by atoms with Crippen molar-refractivity contribution >= 4 is 28.8 Å². The summed E-state index contributed by atoms with van der Waals surface area (Å²) in [5, 5.41) is 9.42. The van der Waals surface area contributed by atoms with Crippen LogP contribution in [0.1, 0.15) is 28.5 Å². The van der Waals surface area contributed by atoms with Crippen molar-refractivity contribution in [3.63, 3.8) is 0 Å².